The Kier molecular flexibility index (Phi) is 5.43. The van der Waals surface area contributed by atoms with Crippen LogP contribution in [0.4, 0.5) is 0 Å². The quantitative estimate of drug-likeness (QED) is 0.299. The third-order valence-corrected chi connectivity index (χ3v) is 6.96. The SMILES string of the molecule is CCCCCCCC[C@@H]1/C(=C\c2ccccc2)C(=O)[C@@H]2[C@H]1[C@@H]1C=C[C@H]2C1. The first-order valence-corrected chi connectivity index (χ1v) is 10.8. The molecule has 3 aliphatic carbocycles. The van der Waals surface area contributed by atoms with Gasteiger partial charge in [0.15, 0.2) is 5.78 Å². The van der Waals surface area contributed by atoms with Gasteiger partial charge < -0.3 is 0 Å². The van der Waals surface area contributed by atoms with Gasteiger partial charge in [0.05, 0.1) is 0 Å². The first kappa shape index (κ1) is 17.8. The molecule has 0 radical (unpaired) electrons. The van der Waals surface area contributed by atoms with E-state index in [1.54, 1.807) is 0 Å². The predicted octanol–water partition coefficient (Wildman–Crippen LogP) is 6.46. The molecule has 0 amide bonds. The molecule has 0 spiro atoms. The van der Waals surface area contributed by atoms with Crippen molar-refractivity contribution in [2.24, 2.45) is 29.6 Å². The molecule has 3 aliphatic rings. The van der Waals surface area contributed by atoms with Gasteiger partial charge in [0.2, 0.25) is 0 Å². The molecule has 26 heavy (non-hydrogen) atoms. The monoisotopic (exact) mass is 348 g/mol. The van der Waals surface area contributed by atoms with E-state index in [1.165, 1.54) is 56.9 Å². The van der Waals surface area contributed by atoms with Gasteiger partial charge in [0, 0.05) is 5.92 Å². The molecule has 1 nitrogen and oxygen atoms in total. The second-order valence-corrected chi connectivity index (χ2v) is 8.59. The molecule has 0 heterocycles. The highest BCUT2D eigenvalue weighted by Gasteiger charge is 2.57. The lowest BCUT2D eigenvalue weighted by molar-refractivity contribution is -0.118. The van der Waals surface area contributed by atoms with Crippen LogP contribution in [0.15, 0.2) is 48.1 Å². The standard InChI is InChI=1S/C25H32O/c1-2-3-4-5-6-10-13-21-22(16-18-11-8-7-9-12-18)25(26)24-20-15-14-19(17-20)23(21)24/h7-9,11-12,14-16,19-21,23-24H,2-6,10,13,17H2,1H3/b22-16+/t19-,20+,21-,23+,24+/m1/s1. The molecule has 1 aromatic rings. The number of unbranched alkanes of at least 4 members (excludes halogenated alkanes) is 5. The van der Waals surface area contributed by atoms with Crippen molar-refractivity contribution in [3.05, 3.63) is 53.6 Å². The van der Waals surface area contributed by atoms with Gasteiger partial charge in [0.1, 0.15) is 0 Å². The summed E-state index contributed by atoms with van der Waals surface area (Å²) in [6, 6.07) is 10.4. The summed E-state index contributed by atoms with van der Waals surface area (Å²) in [6.07, 6.45) is 17.4. The highest BCUT2D eigenvalue weighted by molar-refractivity contribution is 6.05. The number of carbonyl (C=O) groups is 1. The molecule has 0 N–H and O–H groups in total. The molecule has 2 saturated carbocycles. The van der Waals surface area contributed by atoms with Crippen LogP contribution in [0, 0.1) is 29.6 Å². The van der Waals surface area contributed by atoms with Crippen LogP contribution in [0.25, 0.3) is 6.08 Å². The van der Waals surface area contributed by atoms with E-state index in [0.29, 0.717) is 29.5 Å². The lowest BCUT2D eigenvalue weighted by atomic mass is 9.78. The van der Waals surface area contributed by atoms with Gasteiger partial charge in [-0.3, -0.25) is 4.79 Å². The zero-order valence-electron chi connectivity index (χ0n) is 16.1. The van der Waals surface area contributed by atoms with E-state index < -0.39 is 0 Å². The summed E-state index contributed by atoms with van der Waals surface area (Å²) >= 11 is 0. The van der Waals surface area contributed by atoms with E-state index >= 15 is 0 Å². The largest absolute Gasteiger partial charge is 0.294 e. The molecule has 4 rings (SSSR count). The molecule has 138 valence electrons. The molecule has 0 saturated heterocycles. The second kappa shape index (κ2) is 7.94. The Bertz CT molecular complexity index is 683. The van der Waals surface area contributed by atoms with Crippen molar-refractivity contribution in [2.45, 2.75) is 58.3 Å². The van der Waals surface area contributed by atoms with Crippen LogP contribution >= 0.6 is 0 Å². The highest BCUT2D eigenvalue weighted by Crippen LogP contribution is 2.59. The van der Waals surface area contributed by atoms with Crippen LogP contribution in [0.2, 0.25) is 0 Å². The molecule has 0 aliphatic heterocycles. The van der Waals surface area contributed by atoms with Gasteiger partial charge in [-0.25, -0.2) is 0 Å². The maximum absolute atomic E-state index is 13.3. The minimum atomic E-state index is 0.282. The van der Waals surface area contributed by atoms with Gasteiger partial charge in [-0.05, 0) is 53.7 Å². The first-order valence-electron chi connectivity index (χ1n) is 10.8. The summed E-state index contributed by atoms with van der Waals surface area (Å²) in [7, 11) is 0. The van der Waals surface area contributed by atoms with Crippen molar-refractivity contribution in [3.63, 3.8) is 0 Å². The van der Waals surface area contributed by atoms with Crippen LogP contribution in [0.5, 0.6) is 0 Å². The smallest absolute Gasteiger partial charge is 0.163 e. The van der Waals surface area contributed by atoms with E-state index in [2.05, 4.69) is 49.4 Å². The van der Waals surface area contributed by atoms with Crippen LogP contribution in [0.1, 0.15) is 63.9 Å². The normalized spacial score (nSPS) is 33.3. The third-order valence-electron chi connectivity index (χ3n) is 6.96. The zero-order chi connectivity index (χ0) is 17.9. The van der Waals surface area contributed by atoms with Gasteiger partial charge in [0.25, 0.3) is 0 Å². The number of fused-ring (bicyclic) bond motifs is 5. The minimum Gasteiger partial charge on any atom is -0.294 e. The molecule has 0 unspecified atom stereocenters. The molecule has 1 heteroatoms. The number of hydrogen-bond donors (Lipinski definition) is 0. The molecule has 1 aromatic carbocycles. The van der Waals surface area contributed by atoms with Crippen LogP contribution < -0.4 is 0 Å². The predicted molar refractivity (Wildman–Crippen MR) is 109 cm³/mol. The van der Waals surface area contributed by atoms with Crippen molar-refractivity contribution in [3.8, 4) is 0 Å². The Morgan fingerprint density at radius 2 is 1.69 bits per heavy atom. The van der Waals surface area contributed by atoms with Crippen molar-refractivity contribution in [1.29, 1.82) is 0 Å². The summed E-state index contributed by atoms with van der Waals surface area (Å²) in [5, 5.41) is 0. The van der Waals surface area contributed by atoms with Gasteiger partial charge in [-0.15, -0.1) is 0 Å². The minimum absolute atomic E-state index is 0.282. The van der Waals surface area contributed by atoms with Gasteiger partial charge in [-0.1, -0.05) is 87.9 Å². The highest BCUT2D eigenvalue weighted by atomic mass is 16.1. The van der Waals surface area contributed by atoms with E-state index in [0.717, 1.165) is 5.57 Å². The average molecular weight is 349 g/mol. The van der Waals surface area contributed by atoms with Crippen molar-refractivity contribution >= 4 is 11.9 Å². The number of allylic oxidation sites excluding steroid dienone is 3. The first-order chi connectivity index (χ1) is 12.8. The van der Waals surface area contributed by atoms with Crippen LogP contribution in [-0.4, -0.2) is 5.78 Å². The fourth-order valence-corrected chi connectivity index (χ4v) is 5.76. The summed E-state index contributed by atoms with van der Waals surface area (Å²) in [6.45, 7) is 2.27. The number of benzene rings is 1. The van der Waals surface area contributed by atoms with E-state index in [-0.39, 0.29) is 5.92 Å². The Morgan fingerprint density at radius 1 is 0.962 bits per heavy atom. The third kappa shape index (κ3) is 3.33. The Labute approximate surface area is 158 Å². The molecule has 2 fully saturated rings. The van der Waals surface area contributed by atoms with Crippen molar-refractivity contribution < 1.29 is 4.79 Å². The van der Waals surface area contributed by atoms with Crippen LogP contribution in [-0.2, 0) is 4.79 Å². The fraction of sp³-hybridized carbons (Fsp3) is 0.560. The molecule has 5 atom stereocenters. The fourth-order valence-electron chi connectivity index (χ4n) is 5.76. The number of hydrogen-bond acceptors (Lipinski definition) is 1. The lowest BCUT2D eigenvalue weighted by Crippen LogP contribution is -2.21. The summed E-state index contributed by atoms with van der Waals surface area (Å²) in [4.78, 5) is 13.3. The maximum atomic E-state index is 13.3. The zero-order valence-corrected chi connectivity index (χ0v) is 16.1. The number of ketones is 1. The Morgan fingerprint density at radius 3 is 2.50 bits per heavy atom. The topological polar surface area (TPSA) is 17.1 Å². The van der Waals surface area contributed by atoms with Gasteiger partial charge >= 0.3 is 0 Å². The Hall–Kier alpha value is -1.63. The Balaban J connectivity index is 1.50. The van der Waals surface area contributed by atoms with Gasteiger partial charge in [-0.2, -0.15) is 0 Å². The summed E-state index contributed by atoms with van der Waals surface area (Å²) in [5.74, 6) is 2.99. The molecular formula is C25H32O. The van der Waals surface area contributed by atoms with E-state index in [1.807, 2.05) is 6.07 Å². The second-order valence-electron chi connectivity index (χ2n) is 8.59. The maximum Gasteiger partial charge on any atom is 0.163 e. The number of rotatable bonds is 8. The number of carbonyl (C=O) groups excluding carboxylic acids is 1. The molecule has 0 aromatic heterocycles. The van der Waals surface area contributed by atoms with Crippen molar-refractivity contribution in [2.75, 3.05) is 0 Å². The van der Waals surface area contributed by atoms with E-state index in [9.17, 15) is 4.79 Å². The average Bonchev–Trinajstić information content (AvgIpc) is 3.34. The summed E-state index contributed by atoms with van der Waals surface area (Å²) in [5.41, 5.74) is 2.32. The molecule has 2 bridgehead atoms. The molecular weight excluding hydrogens is 316 g/mol. The number of Topliss-reactive ketones (excluding diaryl/α,β-unsaturated/α-hetero) is 1. The van der Waals surface area contributed by atoms with Crippen molar-refractivity contribution in [1.82, 2.24) is 0 Å². The lowest BCUT2D eigenvalue weighted by Gasteiger charge is -2.25. The van der Waals surface area contributed by atoms with E-state index in [4.69, 9.17) is 0 Å². The summed E-state index contributed by atoms with van der Waals surface area (Å²) < 4.78 is 0. The van der Waals surface area contributed by atoms with Crippen LogP contribution in [0.3, 0.4) is 0 Å².